The molecule has 0 bridgehead atoms. The van der Waals surface area contributed by atoms with Gasteiger partial charge in [0.05, 0.1) is 20.3 Å². The zero-order valence-corrected chi connectivity index (χ0v) is 11.4. The first-order chi connectivity index (χ1) is 9.65. The summed E-state index contributed by atoms with van der Waals surface area (Å²) in [5.41, 5.74) is 0.933. The Bertz CT molecular complexity index is 474. The number of aliphatic imine (C=N–C) groups is 1. The molecule has 7 nitrogen and oxygen atoms in total. The molecule has 0 heterocycles. The van der Waals surface area contributed by atoms with E-state index >= 15 is 0 Å². The predicted molar refractivity (Wildman–Crippen MR) is 73.3 cm³/mol. The summed E-state index contributed by atoms with van der Waals surface area (Å²) in [6, 6.07) is 9.39. The fourth-order valence-electron chi connectivity index (χ4n) is 1.28. The van der Waals surface area contributed by atoms with E-state index in [4.69, 9.17) is 4.74 Å². The molecular weight excluding hydrogens is 262 g/mol. The molecule has 1 aromatic carbocycles. The molecule has 0 aliphatic rings. The average Bonchev–Trinajstić information content (AvgIpc) is 2.46. The highest BCUT2D eigenvalue weighted by atomic mass is 16.6. The van der Waals surface area contributed by atoms with E-state index in [1.165, 1.54) is 7.11 Å². The van der Waals surface area contributed by atoms with Crippen LogP contribution in [-0.4, -0.2) is 31.9 Å². The summed E-state index contributed by atoms with van der Waals surface area (Å²) in [6.07, 6.45) is -1.43. The number of carbonyl (C=O) groups is 2. The minimum Gasteiger partial charge on any atom is -0.453 e. The minimum absolute atomic E-state index is 0.0286. The summed E-state index contributed by atoms with van der Waals surface area (Å²) in [7, 11) is 1.22. The third-order valence-corrected chi connectivity index (χ3v) is 2.16. The molecule has 0 atom stereocenters. The number of alkyl carbamates (subject to hydrolysis) is 2. The van der Waals surface area contributed by atoms with Crippen molar-refractivity contribution in [2.75, 3.05) is 13.7 Å². The summed E-state index contributed by atoms with van der Waals surface area (Å²) in [5, 5.41) is 4.63. The Hall–Kier alpha value is -2.57. The predicted octanol–water partition coefficient (Wildman–Crippen LogP) is 1.64. The SMILES string of the molecule is CCOC(=O)NC(=NCc1ccccc1)NC(=O)OC. The quantitative estimate of drug-likeness (QED) is 0.650. The van der Waals surface area contributed by atoms with Gasteiger partial charge in [-0.2, -0.15) is 0 Å². The van der Waals surface area contributed by atoms with Crippen molar-refractivity contribution in [2.24, 2.45) is 4.99 Å². The molecular formula is C13H17N3O4. The number of guanidine groups is 1. The first-order valence-electron chi connectivity index (χ1n) is 6.02. The maximum atomic E-state index is 11.3. The van der Waals surface area contributed by atoms with Gasteiger partial charge >= 0.3 is 12.2 Å². The monoisotopic (exact) mass is 279 g/mol. The Kier molecular flexibility index (Phi) is 6.60. The highest BCUT2D eigenvalue weighted by Crippen LogP contribution is 1.99. The molecule has 0 aromatic heterocycles. The molecule has 108 valence electrons. The molecule has 0 saturated carbocycles. The molecule has 2 N–H and O–H groups in total. The zero-order valence-electron chi connectivity index (χ0n) is 11.4. The second-order valence-electron chi connectivity index (χ2n) is 3.61. The fraction of sp³-hybridized carbons (Fsp3) is 0.308. The lowest BCUT2D eigenvalue weighted by molar-refractivity contribution is 0.157. The van der Waals surface area contributed by atoms with E-state index in [0.717, 1.165) is 5.56 Å². The van der Waals surface area contributed by atoms with Crippen LogP contribution in [0.4, 0.5) is 9.59 Å². The zero-order chi connectivity index (χ0) is 14.8. The summed E-state index contributed by atoms with van der Waals surface area (Å²) in [4.78, 5) is 26.6. The topological polar surface area (TPSA) is 89.0 Å². The Balaban J connectivity index is 2.70. The van der Waals surface area contributed by atoms with Crippen molar-refractivity contribution in [3.63, 3.8) is 0 Å². The van der Waals surface area contributed by atoms with Crippen LogP contribution in [0.3, 0.4) is 0 Å². The fourth-order valence-corrected chi connectivity index (χ4v) is 1.28. The lowest BCUT2D eigenvalue weighted by Gasteiger charge is -2.09. The Morgan fingerprint density at radius 1 is 1.15 bits per heavy atom. The van der Waals surface area contributed by atoms with Crippen LogP contribution in [0.2, 0.25) is 0 Å². The number of carbonyl (C=O) groups excluding carboxylic acids is 2. The number of methoxy groups -OCH3 is 1. The van der Waals surface area contributed by atoms with Crippen LogP contribution in [-0.2, 0) is 16.0 Å². The van der Waals surface area contributed by atoms with Crippen molar-refractivity contribution in [3.05, 3.63) is 35.9 Å². The number of hydrogen-bond acceptors (Lipinski definition) is 5. The van der Waals surface area contributed by atoms with Gasteiger partial charge in [-0.25, -0.2) is 14.6 Å². The highest BCUT2D eigenvalue weighted by Gasteiger charge is 2.10. The van der Waals surface area contributed by atoms with Crippen molar-refractivity contribution in [3.8, 4) is 0 Å². The van der Waals surface area contributed by atoms with Gasteiger partial charge < -0.3 is 9.47 Å². The summed E-state index contributed by atoms with van der Waals surface area (Å²) < 4.78 is 9.17. The Morgan fingerprint density at radius 3 is 2.40 bits per heavy atom. The van der Waals surface area contributed by atoms with E-state index in [1.807, 2.05) is 30.3 Å². The van der Waals surface area contributed by atoms with Crippen LogP contribution in [0.5, 0.6) is 0 Å². The Morgan fingerprint density at radius 2 is 1.80 bits per heavy atom. The first kappa shape index (κ1) is 15.5. The van der Waals surface area contributed by atoms with Crippen LogP contribution in [0.1, 0.15) is 12.5 Å². The molecule has 1 aromatic rings. The number of amides is 2. The Labute approximate surface area is 117 Å². The number of nitrogens with zero attached hydrogens (tertiary/aromatic N) is 1. The lowest BCUT2D eigenvalue weighted by atomic mass is 10.2. The number of ether oxygens (including phenoxy) is 2. The first-order valence-corrected chi connectivity index (χ1v) is 6.02. The summed E-state index contributed by atoms with van der Waals surface area (Å²) in [5.74, 6) is -0.0286. The van der Waals surface area contributed by atoms with Gasteiger partial charge in [-0.15, -0.1) is 0 Å². The van der Waals surface area contributed by atoms with Crippen molar-refractivity contribution in [1.29, 1.82) is 0 Å². The van der Waals surface area contributed by atoms with Gasteiger partial charge in [0.2, 0.25) is 5.96 Å². The van der Waals surface area contributed by atoms with E-state index in [9.17, 15) is 9.59 Å². The summed E-state index contributed by atoms with van der Waals surface area (Å²) >= 11 is 0. The van der Waals surface area contributed by atoms with E-state index in [1.54, 1.807) is 6.92 Å². The molecule has 0 radical (unpaired) electrons. The van der Waals surface area contributed by atoms with Crippen LogP contribution in [0.15, 0.2) is 35.3 Å². The minimum atomic E-state index is -0.728. The molecule has 2 amide bonds. The number of benzene rings is 1. The van der Waals surface area contributed by atoms with E-state index < -0.39 is 12.2 Å². The molecule has 1 rings (SSSR count). The van der Waals surface area contributed by atoms with Crippen LogP contribution in [0.25, 0.3) is 0 Å². The third kappa shape index (κ3) is 5.85. The number of rotatable bonds is 3. The second-order valence-corrected chi connectivity index (χ2v) is 3.61. The second kappa shape index (κ2) is 8.52. The van der Waals surface area contributed by atoms with Gasteiger partial charge in [0.25, 0.3) is 0 Å². The van der Waals surface area contributed by atoms with Crippen LogP contribution in [0, 0.1) is 0 Å². The number of nitrogens with one attached hydrogen (secondary N) is 2. The summed E-state index contributed by atoms with van der Waals surface area (Å²) in [6.45, 7) is 2.19. The van der Waals surface area contributed by atoms with Gasteiger partial charge in [-0.1, -0.05) is 30.3 Å². The van der Waals surface area contributed by atoms with Gasteiger partial charge in [0.15, 0.2) is 0 Å². The average molecular weight is 279 g/mol. The maximum absolute atomic E-state index is 11.3. The van der Waals surface area contributed by atoms with Gasteiger partial charge in [0.1, 0.15) is 0 Å². The molecule has 7 heteroatoms. The molecule has 0 saturated heterocycles. The van der Waals surface area contributed by atoms with E-state index in [-0.39, 0.29) is 12.6 Å². The van der Waals surface area contributed by atoms with Crippen molar-refractivity contribution < 1.29 is 19.1 Å². The smallest absolute Gasteiger partial charge is 0.413 e. The normalized spacial score (nSPS) is 10.6. The van der Waals surface area contributed by atoms with Gasteiger partial charge in [-0.05, 0) is 12.5 Å². The highest BCUT2D eigenvalue weighted by molar-refractivity contribution is 6.01. The standard InChI is InChI=1S/C13H17N3O4/c1-3-20-13(18)16-11(15-12(17)19-2)14-9-10-7-5-4-6-8-10/h4-8H,3,9H2,1-2H3,(H2,14,15,16,17,18). The molecule has 0 fully saturated rings. The van der Waals surface area contributed by atoms with Crippen molar-refractivity contribution in [2.45, 2.75) is 13.5 Å². The van der Waals surface area contributed by atoms with Gasteiger partial charge in [-0.3, -0.25) is 10.6 Å². The van der Waals surface area contributed by atoms with E-state index in [0.29, 0.717) is 6.54 Å². The van der Waals surface area contributed by atoms with Crippen molar-refractivity contribution in [1.82, 2.24) is 10.6 Å². The van der Waals surface area contributed by atoms with Crippen LogP contribution >= 0.6 is 0 Å². The molecule has 20 heavy (non-hydrogen) atoms. The molecule has 0 unspecified atom stereocenters. The van der Waals surface area contributed by atoms with Gasteiger partial charge in [0, 0.05) is 0 Å². The molecule has 0 spiro atoms. The molecule has 0 aliphatic heterocycles. The maximum Gasteiger partial charge on any atom is 0.413 e. The van der Waals surface area contributed by atoms with Crippen LogP contribution < -0.4 is 10.6 Å². The molecule has 0 aliphatic carbocycles. The third-order valence-electron chi connectivity index (χ3n) is 2.16. The largest absolute Gasteiger partial charge is 0.453 e. The lowest BCUT2D eigenvalue weighted by Crippen LogP contribution is -2.44. The van der Waals surface area contributed by atoms with Crippen molar-refractivity contribution >= 4 is 18.1 Å². The number of hydrogen-bond donors (Lipinski definition) is 2. The van der Waals surface area contributed by atoms with E-state index in [2.05, 4.69) is 20.4 Å².